The number of ether oxygens (including phenoxy) is 1. The summed E-state index contributed by atoms with van der Waals surface area (Å²) in [6, 6.07) is 5.71. The van der Waals surface area contributed by atoms with E-state index in [1.54, 1.807) is 0 Å². The van der Waals surface area contributed by atoms with E-state index < -0.39 is 0 Å². The second-order valence-corrected chi connectivity index (χ2v) is 5.40. The molecule has 0 bridgehead atoms. The highest BCUT2D eigenvalue weighted by atomic mass is 35.5. The lowest BCUT2D eigenvalue weighted by atomic mass is 10.0. The van der Waals surface area contributed by atoms with Gasteiger partial charge in [-0.15, -0.1) is 12.4 Å². The standard InChI is InChI=1S/C15H19N3O3.ClH/c19-14-4-2-10-1-3-11(7-13(10)18-14)17-15(20)8-12-9-21-6-5-16-12;/h1,3,7,12,16H,2,4-6,8-9H2,(H,17,20)(H,18,19);1H. The number of fused-ring (bicyclic) bond motifs is 1. The normalized spacial score (nSPS) is 20.4. The lowest BCUT2D eigenvalue weighted by molar-refractivity contribution is -0.117. The molecule has 1 unspecified atom stereocenters. The SMILES string of the molecule is Cl.O=C(CC1COCCN1)Nc1ccc2c(c1)NC(=O)CC2. The molecule has 3 rings (SSSR count). The fourth-order valence-electron chi connectivity index (χ4n) is 2.64. The summed E-state index contributed by atoms with van der Waals surface area (Å²) in [5.41, 5.74) is 2.61. The van der Waals surface area contributed by atoms with Crippen molar-refractivity contribution in [3.8, 4) is 0 Å². The average Bonchev–Trinajstić information content (AvgIpc) is 2.47. The van der Waals surface area contributed by atoms with Crippen molar-refractivity contribution in [2.75, 3.05) is 30.4 Å². The molecule has 2 amide bonds. The molecule has 2 heterocycles. The van der Waals surface area contributed by atoms with Gasteiger partial charge in [-0.2, -0.15) is 0 Å². The Morgan fingerprint density at radius 3 is 3.00 bits per heavy atom. The Morgan fingerprint density at radius 2 is 2.23 bits per heavy atom. The number of amides is 2. The van der Waals surface area contributed by atoms with Crippen LogP contribution >= 0.6 is 12.4 Å². The minimum atomic E-state index is -0.0555. The summed E-state index contributed by atoms with van der Waals surface area (Å²) in [5, 5.41) is 8.95. The average molecular weight is 326 g/mol. The first-order chi connectivity index (χ1) is 10.2. The van der Waals surface area contributed by atoms with Gasteiger partial charge in [-0.05, 0) is 24.1 Å². The van der Waals surface area contributed by atoms with E-state index in [0.717, 1.165) is 24.2 Å². The molecule has 3 N–H and O–H groups in total. The highest BCUT2D eigenvalue weighted by Crippen LogP contribution is 2.26. The van der Waals surface area contributed by atoms with Crippen molar-refractivity contribution < 1.29 is 14.3 Å². The summed E-state index contributed by atoms with van der Waals surface area (Å²) >= 11 is 0. The molecule has 2 aliphatic rings. The molecule has 1 saturated heterocycles. The first-order valence-corrected chi connectivity index (χ1v) is 7.24. The van der Waals surface area contributed by atoms with Gasteiger partial charge in [-0.3, -0.25) is 9.59 Å². The Hall–Kier alpha value is -1.63. The molecule has 0 spiro atoms. The highest BCUT2D eigenvalue weighted by Gasteiger charge is 2.18. The van der Waals surface area contributed by atoms with E-state index in [-0.39, 0.29) is 30.3 Å². The lowest BCUT2D eigenvalue weighted by Crippen LogP contribution is -2.43. The van der Waals surface area contributed by atoms with Crippen LogP contribution in [0.5, 0.6) is 0 Å². The fraction of sp³-hybridized carbons (Fsp3) is 0.467. The highest BCUT2D eigenvalue weighted by molar-refractivity contribution is 5.96. The number of anilines is 2. The fourth-order valence-corrected chi connectivity index (χ4v) is 2.64. The summed E-state index contributed by atoms with van der Waals surface area (Å²) in [5.74, 6) is -0.0328. The minimum absolute atomic E-state index is 0. The van der Waals surface area contributed by atoms with Gasteiger partial charge in [0, 0.05) is 36.8 Å². The maximum Gasteiger partial charge on any atom is 0.226 e. The van der Waals surface area contributed by atoms with Crippen molar-refractivity contribution in [3.63, 3.8) is 0 Å². The van der Waals surface area contributed by atoms with Gasteiger partial charge >= 0.3 is 0 Å². The molecular formula is C15H20ClN3O3. The molecular weight excluding hydrogens is 306 g/mol. The summed E-state index contributed by atoms with van der Waals surface area (Å²) in [6.45, 7) is 2.04. The maximum absolute atomic E-state index is 12.0. The van der Waals surface area contributed by atoms with Gasteiger partial charge in [-0.1, -0.05) is 6.07 Å². The second-order valence-electron chi connectivity index (χ2n) is 5.40. The number of nitrogens with one attached hydrogen (secondary N) is 3. The van der Waals surface area contributed by atoms with Gasteiger partial charge in [0.2, 0.25) is 11.8 Å². The molecule has 0 aromatic heterocycles. The van der Waals surface area contributed by atoms with Crippen LogP contribution in [0.1, 0.15) is 18.4 Å². The van der Waals surface area contributed by atoms with Crippen LogP contribution in [0.25, 0.3) is 0 Å². The minimum Gasteiger partial charge on any atom is -0.378 e. The molecule has 0 aliphatic carbocycles. The van der Waals surface area contributed by atoms with Gasteiger partial charge in [0.1, 0.15) is 0 Å². The third kappa shape index (κ3) is 4.19. The van der Waals surface area contributed by atoms with Gasteiger partial charge < -0.3 is 20.7 Å². The van der Waals surface area contributed by atoms with Gasteiger partial charge in [-0.25, -0.2) is 0 Å². The second kappa shape index (κ2) is 7.58. The van der Waals surface area contributed by atoms with Crippen LogP contribution in [0.2, 0.25) is 0 Å². The summed E-state index contributed by atoms with van der Waals surface area (Å²) in [4.78, 5) is 23.4. The Labute approximate surface area is 135 Å². The zero-order valence-corrected chi connectivity index (χ0v) is 13.0. The molecule has 7 heteroatoms. The molecule has 120 valence electrons. The van der Waals surface area contributed by atoms with Crippen molar-refractivity contribution in [1.82, 2.24) is 5.32 Å². The molecule has 2 aliphatic heterocycles. The molecule has 1 aromatic carbocycles. The molecule has 0 radical (unpaired) electrons. The van der Waals surface area contributed by atoms with Crippen LogP contribution in [0, 0.1) is 0 Å². The Morgan fingerprint density at radius 1 is 1.36 bits per heavy atom. The monoisotopic (exact) mass is 325 g/mol. The molecule has 1 aromatic rings. The van der Waals surface area contributed by atoms with Crippen LogP contribution in [-0.4, -0.2) is 37.6 Å². The number of carbonyl (C=O) groups excluding carboxylic acids is 2. The molecule has 6 nitrogen and oxygen atoms in total. The predicted molar refractivity (Wildman–Crippen MR) is 86.5 cm³/mol. The largest absolute Gasteiger partial charge is 0.378 e. The quantitative estimate of drug-likeness (QED) is 0.783. The van der Waals surface area contributed by atoms with Crippen molar-refractivity contribution in [2.45, 2.75) is 25.3 Å². The number of aryl methyl sites for hydroxylation is 1. The number of hydrogen-bond acceptors (Lipinski definition) is 4. The van der Waals surface area contributed by atoms with Crippen LogP contribution in [0.15, 0.2) is 18.2 Å². The lowest BCUT2D eigenvalue weighted by Gasteiger charge is -2.23. The molecule has 0 saturated carbocycles. The van der Waals surface area contributed by atoms with Crippen LogP contribution in [0.3, 0.4) is 0 Å². The van der Waals surface area contributed by atoms with Gasteiger partial charge in [0.05, 0.1) is 13.2 Å². The van der Waals surface area contributed by atoms with E-state index in [4.69, 9.17) is 4.74 Å². The van der Waals surface area contributed by atoms with Crippen molar-refractivity contribution in [2.24, 2.45) is 0 Å². The smallest absolute Gasteiger partial charge is 0.226 e. The third-order valence-electron chi connectivity index (χ3n) is 3.72. The first kappa shape index (κ1) is 16.7. The van der Waals surface area contributed by atoms with E-state index in [1.165, 1.54) is 0 Å². The number of carbonyl (C=O) groups is 2. The summed E-state index contributed by atoms with van der Waals surface area (Å²) in [6.07, 6.45) is 1.65. The Bertz CT molecular complexity index is 559. The van der Waals surface area contributed by atoms with Crippen LogP contribution < -0.4 is 16.0 Å². The number of benzene rings is 1. The molecule has 1 atom stereocenters. The van der Waals surface area contributed by atoms with E-state index in [1.807, 2.05) is 18.2 Å². The van der Waals surface area contributed by atoms with Crippen molar-refractivity contribution >= 4 is 35.6 Å². The van der Waals surface area contributed by atoms with E-state index in [9.17, 15) is 9.59 Å². The predicted octanol–water partition coefficient (Wildman–Crippen LogP) is 1.31. The number of hydrogen-bond donors (Lipinski definition) is 3. The van der Waals surface area contributed by atoms with Crippen LogP contribution in [0.4, 0.5) is 11.4 Å². The first-order valence-electron chi connectivity index (χ1n) is 7.24. The number of morpholine rings is 1. The Balaban J connectivity index is 0.00000176. The van der Waals surface area contributed by atoms with E-state index in [2.05, 4.69) is 16.0 Å². The van der Waals surface area contributed by atoms with Gasteiger partial charge in [0.15, 0.2) is 0 Å². The summed E-state index contributed by atoms with van der Waals surface area (Å²) in [7, 11) is 0. The summed E-state index contributed by atoms with van der Waals surface area (Å²) < 4.78 is 5.33. The van der Waals surface area contributed by atoms with Crippen molar-refractivity contribution in [1.29, 1.82) is 0 Å². The topological polar surface area (TPSA) is 79.5 Å². The van der Waals surface area contributed by atoms with Crippen LogP contribution in [-0.2, 0) is 20.7 Å². The third-order valence-corrected chi connectivity index (χ3v) is 3.72. The maximum atomic E-state index is 12.0. The van der Waals surface area contributed by atoms with Crippen molar-refractivity contribution in [3.05, 3.63) is 23.8 Å². The Kier molecular flexibility index (Phi) is 5.76. The number of halogens is 1. The zero-order chi connectivity index (χ0) is 14.7. The van der Waals surface area contributed by atoms with E-state index >= 15 is 0 Å². The van der Waals surface area contributed by atoms with E-state index in [0.29, 0.717) is 31.7 Å². The molecule has 1 fully saturated rings. The van der Waals surface area contributed by atoms with Gasteiger partial charge in [0.25, 0.3) is 0 Å². The number of rotatable bonds is 3. The molecule has 22 heavy (non-hydrogen) atoms. The zero-order valence-electron chi connectivity index (χ0n) is 12.2.